The fourth-order valence-electron chi connectivity index (χ4n) is 8.88. The Morgan fingerprint density at radius 1 is 0.259 bits per heavy atom. The minimum atomic E-state index is -0.805. The molecule has 0 amide bonds. The Hall–Kier alpha value is -4.71. The first-order chi connectivity index (χ1) is 40.0. The highest BCUT2D eigenvalue weighted by molar-refractivity contribution is 5.71. The van der Waals surface area contributed by atoms with E-state index in [1.807, 2.05) is 0 Å². The summed E-state index contributed by atoms with van der Waals surface area (Å²) in [5, 5.41) is 0. The molecule has 0 rings (SSSR count). The van der Waals surface area contributed by atoms with E-state index < -0.39 is 6.10 Å². The molecule has 6 heteroatoms. The van der Waals surface area contributed by atoms with E-state index in [1.54, 1.807) is 0 Å². The second-order valence-electron chi connectivity index (χ2n) is 21.6. The summed E-state index contributed by atoms with van der Waals surface area (Å²) in [6, 6.07) is 0. The molecule has 81 heavy (non-hydrogen) atoms. The van der Waals surface area contributed by atoms with Crippen molar-refractivity contribution in [2.24, 2.45) is 0 Å². The molecule has 0 aromatic carbocycles. The van der Waals surface area contributed by atoms with Gasteiger partial charge in [0.05, 0.1) is 0 Å². The molecule has 1 atom stereocenters. The molecule has 0 aromatic rings. The van der Waals surface area contributed by atoms with E-state index in [0.717, 1.165) is 161 Å². The van der Waals surface area contributed by atoms with Crippen LogP contribution in [0.5, 0.6) is 0 Å². The summed E-state index contributed by atoms with van der Waals surface area (Å²) in [5.41, 5.74) is 0. The van der Waals surface area contributed by atoms with Gasteiger partial charge in [0.2, 0.25) is 0 Å². The Balaban J connectivity index is 4.43. The van der Waals surface area contributed by atoms with Crippen molar-refractivity contribution in [2.75, 3.05) is 13.2 Å². The summed E-state index contributed by atoms with van der Waals surface area (Å²) >= 11 is 0. The Labute approximate surface area is 499 Å². The second kappa shape index (κ2) is 67.8. The van der Waals surface area contributed by atoms with Crippen LogP contribution in [-0.2, 0) is 28.6 Å². The van der Waals surface area contributed by atoms with Crippen molar-refractivity contribution in [3.63, 3.8) is 0 Å². The zero-order chi connectivity index (χ0) is 58.5. The van der Waals surface area contributed by atoms with Crippen molar-refractivity contribution in [1.82, 2.24) is 0 Å². The van der Waals surface area contributed by atoms with Gasteiger partial charge in [0, 0.05) is 19.3 Å². The van der Waals surface area contributed by atoms with E-state index in [1.165, 1.54) is 89.9 Å². The lowest BCUT2D eigenvalue weighted by Crippen LogP contribution is -2.30. The highest BCUT2D eigenvalue weighted by atomic mass is 16.6. The summed E-state index contributed by atoms with van der Waals surface area (Å²) in [6.07, 6.45) is 97.1. The van der Waals surface area contributed by atoms with E-state index in [0.29, 0.717) is 19.3 Å². The number of carbonyl (C=O) groups excluding carboxylic acids is 3. The topological polar surface area (TPSA) is 78.9 Å². The average Bonchev–Trinajstić information content (AvgIpc) is 3.47. The molecule has 0 bridgehead atoms. The van der Waals surface area contributed by atoms with Gasteiger partial charge in [-0.05, 0) is 141 Å². The van der Waals surface area contributed by atoms with Crippen LogP contribution in [0.4, 0.5) is 0 Å². The lowest BCUT2D eigenvalue weighted by Gasteiger charge is -2.18. The van der Waals surface area contributed by atoms with Gasteiger partial charge in [0.1, 0.15) is 13.2 Å². The molecular weight excluding hydrogens is 997 g/mol. The van der Waals surface area contributed by atoms with Gasteiger partial charge in [0.25, 0.3) is 0 Å². The minimum Gasteiger partial charge on any atom is -0.462 e. The van der Waals surface area contributed by atoms with Gasteiger partial charge in [-0.15, -0.1) is 0 Å². The van der Waals surface area contributed by atoms with Crippen molar-refractivity contribution >= 4 is 17.9 Å². The van der Waals surface area contributed by atoms with Gasteiger partial charge in [-0.1, -0.05) is 276 Å². The molecule has 0 spiro atoms. The Morgan fingerprint density at radius 3 is 0.765 bits per heavy atom. The van der Waals surface area contributed by atoms with Crippen LogP contribution < -0.4 is 0 Å². The zero-order valence-electron chi connectivity index (χ0n) is 52.5. The van der Waals surface area contributed by atoms with Crippen LogP contribution in [0.2, 0.25) is 0 Å². The van der Waals surface area contributed by atoms with Gasteiger partial charge in [-0.3, -0.25) is 14.4 Å². The van der Waals surface area contributed by atoms with Crippen LogP contribution in [-0.4, -0.2) is 37.2 Å². The molecule has 0 aliphatic carbocycles. The van der Waals surface area contributed by atoms with Gasteiger partial charge < -0.3 is 14.2 Å². The SMILES string of the molecule is CC/C=C\C/C=C\C/C=C\C/C=C\C/C=C\C/C=C\C/C=C\C/C=C\CCCCCCC(=O)OCC(COC(=O)CCCCCCC/C=C\C/C=C\C/C=C\CC)OC(=O)CCCCCCCCCCC/C=C\CCCCCCCC. The third-order valence-electron chi connectivity index (χ3n) is 13.8. The van der Waals surface area contributed by atoms with Crippen molar-refractivity contribution in [3.05, 3.63) is 146 Å². The quantitative estimate of drug-likeness (QED) is 0.0261. The van der Waals surface area contributed by atoms with E-state index in [2.05, 4.69) is 167 Å². The predicted octanol–water partition coefficient (Wildman–Crippen LogP) is 23.1. The molecular formula is C75H122O6. The van der Waals surface area contributed by atoms with E-state index >= 15 is 0 Å². The smallest absolute Gasteiger partial charge is 0.306 e. The number of carbonyl (C=O) groups is 3. The third kappa shape index (κ3) is 66.0. The van der Waals surface area contributed by atoms with Gasteiger partial charge >= 0.3 is 17.9 Å². The highest BCUT2D eigenvalue weighted by Gasteiger charge is 2.19. The molecule has 0 aliphatic rings. The number of hydrogen-bond donors (Lipinski definition) is 0. The number of rotatable bonds is 59. The van der Waals surface area contributed by atoms with Gasteiger partial charge in [0.15, 0.2) is 6.10 Å². The Morgan fingerprint density at radius 2 is 0.481 bits per heavy atom. The lowest BCUT2D eigenvalue weighted by atomic mass is 10.1. The molecule has 0 radical (unpaired) electrons. The first kappa shape index (κ1) is 76.3. The van der Waals surface area contributed by atoms with Crippen molar-refractivity contribution < 1.29 is 28.6 Å². The standard InChI is InChI=1S/C75H122O6/c1-4-7-10-13-16-19-22-25-28-30-32-33-34-35-36-37-38-39-40-41-43-44-47-50-53-56-59-62-65-68-74(77)80-71-72(70-79-73(76)67-64-61-58-55-52-49-46-27-24-21-18-15-12-9-6-3)81-75(78)69-66-63-60-57-54-51-48-45-42-31-29-26-23-20-17-14-11-8-5-2/h7,9-10,12,16,18-19,21,25-29,32-33,35-36,38-39,41,43,46-47,50,72H,4-6,8,11,13-15,17,20,22-24,30-31,34,37,40,42,44-45,48-49,51-71H2,1-3H3/b10-7-,12-9-,19-16-,21-18-,28-25-,29-26-,33-32-,36-35-,39-38-,43-41-,46-27-,50-47-. The van der Waals surface area contributed by atoms with Gasteiger partial charge in [-0.25, -0.2) is 0 Å². The van der Waals surface area contributed by atoms with E-state index in [4.69, 9.17) is 14.2 Å². The van der Waals surface area contributed by atoms with Crippen LogP contribution in [0.25, 0.3) is 0 Å². The van der Waals surface area contributed by atoms with Gasteiger partial charge in [-0.2, -0.15) is 0 Å². The maximum absolute atomic E-state index is 12.9. The second-order valence-corrected chi connectivity index (χ2v) is 21.6. The summed E-state index contributed by atoms with van der Waals surface area (Å²) in [4.78, 5) is 38.4. The molecule has 1 unspecified atom stereocenters. The normalized spacial score (nSPS) is 13.1. The van der Waals surface area contributed by atoms with Crippen LogP contribution >= 0.6 is 0 Å². The number of ether oxygens (including phenoxy) is 3. The van der Waals surface area contributed by atoms with Crippen molar-refractivity contribution in [1.29, 1.82) is 0 Å². The molecule has 0 saturated heterocycles. The predicted molar refractivity (Wildman–Crippen MR) is 352 cm³/mol. The first-order valence-electron chi connectivity index (χ1n) is 33.3. The molecule has 6 nitrogen and oxygen atoms in total. The minimum absolute atomic E-state index is 0.100. The van der Waals surface area contributed by atoms with Crippen molar-refractivity contribution in [2.45, 2.75) is 297 Å². The molecule has 458 valence electrons. The summed E-state index contributed by atoms with van der Waals surface area (Å²) in [7, 11) is 0. The fourth-order valence-corrected chi connectivity index (χ4v) is 8.88. The number of allylic oxidation sites excluding steroid dienone is 24. The monoisotopic (exact) mass is 1120 g/mol. The largest absolute Gasteiger partial charge is 0.462 e. The van der Waals surface area contributed by atoms with E-state index in [9.17, 15) is 14.4 Å². The zero-order valence-corrected chi connectivity index (χ0v) is 52.5. The number of hydrogen-bond acceptors (Lipinski definition) is 6. The highest BCUT2D eigenvalue weighted by Crippen LogP contribution is 2.15. The van der Waals surface area contributed by atoms with Crippen LogP contribution in [0.15, 0.2) is 146 Å². The van der Waals surface area contributed by atoms with Crippen LogP contribution in [0.3, 0.4) is 0 Å². The Bertz CT molecular complexity index is 1760. The number of unbranched alkanes of at least 4 members (excludes halogenated alkanes) is 24. The Kier molecular flexibility index (Phi) is 63.9. The summed E-state index contributed by atoms with van der Waals surface area (Å²) < 4.78 is 16.9. The van der Waals surface area contributed by atoms with Crippen LogP contribution in [0.1, 0.15) is 290 Å². The fraction of sp³-hybridized carbons (Fsp3) is 0.640. The maximum atomic E-state index is 12.9. The third-order valence-corrected chi connectivity index (χ3v) is 13.8. The summed E-state index contributed by atoms with van der Waals surface area (Å²) in [5.74, 6) is -0.941. The maximum Gasteiger partial charge on any atom is 0.306 e. The number of esters is 3. The molecule has 0 saturated carbocycles. The molecule has 0 fully saturated rings. The molecule has 0 aromatic heterocycles. The first-order valence-corrected chi connectivity index (χ1v) is 33.3. The molecule has 0 heterocycles. The summed E-state index contributed by atoms with van der Waals surface area (Å²) in [6.45, 7) is 6.38. The van der Waals surface area contributed by atoms with E-state index in [-0.39, 0.29) is 31.1 Å². The molecule has 0 aliphatic heterocycles. The molecule has 0 N–H and O–H groups in total. The average molecular weight is 1120 g/mol. The van der Waals surface area contributed by atoms with Crippen molar-refractivity contribution in [3.8, 4) is 0 Å². The van der Waals surface area contributed by atoms with Crippen LogP contribution in [0, 0.1) is 0 Å². The lowest BCUT2D eigenvalue weighted by molar-refractivity contribution is -0.167.